The molecule has 13 heteroatoms. The number of anilines is 1. The molecule has 4 heterocycles. The van der Waals surface area contributed by atoms with Gasteiger partial charge in [-0.3, -0.25) is 14.3 Å². The molecule has 0 bridgehead atoms. The van der Waals surface area contributed by atoms with Gasteiger partial charge in [-0.2, -0.15) is 4.39 Å². The van der Waals surface area contributed by atoms with Crippen molar-refractivity contribution in [3.8, 4) is 22.3 Å². The minimum atomic E-state index is -4.79. The van der Waals surface area contributed by atoms with E-state index in [-0.39, 0.29) is 5.91 Å². The molecule has 0 saturated heterocycles. The van der Waals surface area contributed by atoms with Gasteiger partial charge in [-0.25, -0.2) is 14.5 Å². The van der Waals surface area contributed by atoms with Crippen molar-refractivity contribution in [1.29, 1.82) is 0 Å². The number of likely N-dealkylation sites (N-methyl/N-ethyl adjacent to an activating group) is 1. The molecule has 0 aliphatic heterocycles. The molecule has 0 aliphatic carbocycles. The predicted molar refractivity (Wildman–Crippen MR) is 140 cm³/mol. The molecule has 0 aliphatic rings. The zero-order chi connectivity index (χ0) is 27.4. The highest BCUT2D eigenvalue weighted by Crippen LogP contribution is 2.42. The van der Waals surface area contributed by atoms with Gasteiger partial charge in [0.15, 0.2) is 0 Å². The summed E-state index contributed by atoms with van der Waals surface area (Å²) in [5.41, 5.74) is 3.22. The average molecular weight is 540 g/mol. The van der Waals surface area contributed by atoms with Crippen LogP contribution in [0, 0.1) is 5.95 Å². The molecule has 4 aromatic heterocycles. The van der Waals surface area contributed by atoms with Crippen LogP contribution in [0.2, 0.25) is 0 Å². The SMILES string of the molecule is CC(OP(=O)(O)O)n1cc(-c2ccnc(F)c2)c2cc(-c3cncc(NC(=O)/C=C/CN(C)C)c3)cnc21. The first-order valence-electron chi connectivity index (χ1n) is 11.4. The number of phosphoric acid groups is 1. The van der Waals surface area contributed by atoms with Crippen molar-refractivity contribution in [1.82, 2.24) is 24.4 Å². The summed E-state index contributed by atoms with van der Waals surface area (Å²) in [6.07, 6.45) is 9.74. The quantitative estimate of drug-likeness (QED) is 0.163. The fourth-order valence-corrected chi connectivity index (χ4v) is 4.34. The number of carbonyl (C=O) groups is 1. The monoisotopic (exact) mass is 540 g/mol. The second kappa shape index (κ2) is 11.3. The van der Waals surface area contributed by atoms with Gasteiger partial charge in [0.1, 0.15) is 11.9 Å². The molecule has 4 aromatic rings. The maximum Gasteiger partial charge on any atom is 0.471 e. The number of rotatable bonds is 9. The van der Waals surface area contributed by atoms with Crippen LogP contribution >= 0.6 is 7.82 Å². The molecule has 0 saturated carbocycles. The highest BCUT2D eigenvalue weighted by Gasteiger charge is 2.23. The molecule has 198 valence electrons. The molecule has 0 fully saturated rings. The van der Waals surface area contributed by atoms with E-state index in [4.69, 9.17) is 4.52 Å². The molecule has 38 heavy (non-hydrogen) atoms. The van der Waals surface area contributed by atoms with Crippen LogP contribution in [-0.2, 0) is 13.9 Å². The molecule has 1 amide bonds. The zero-order valence-electron chi connectivity index (χ0n) is 20.8. The fraction of sp³-hybridized carbons (Fsp3) is 0.200. The second-order valence-electron chi connectivity index (χ2n) is 8.72. The van der Waals surface area contributed by atoms with Crippen molar-refractivity contribution >= 4 is 30.5 Å². The van der Waals surface area contributed by atoms with Crippen molar-refractivity contribution in [3.05, 3.63) is 73.3 Å². The Bertz CT molecular complexity index is 1550. The predicted octanol–water partition coefficient (Wildman–Crippen LogP) is 3.98. The zero-order valence-corrected chi connectivity index (χ0v) is 21.7. The van der Waals surface area contributed by atoms with Crippen molar-refractivity contribution < 1.29 is 28.1 Å². The Morgan fingerprint density at radius 2 is 1.95 bits per heavy atom. The van der Waals surface area contributed by atoms with E-state index in [0.717, 1.165) is 0 Å². The van der Waals surface area contributed by atoms with Crippen LogP contribution in [0.25, 0.3) is 33.3 Å². The molecule has 1 unspecified atom stereocenters. The lowest BCUT2D eigenvalue weighted by molar-refractivity contribution is -0.111. The number of aromatic nitrogens is 4. The van der Waals surface area contributed by atoms with Crippen LogP contribution in [0.3, 0.4) is 0 Å². The summed E-state index contributed by atoms with van der Waals surface area (Å²) in [6, 6.07) is 6.42. The van der Waals surface area contributed by atoms with E-state index in [1.165, 1.54) is 36.0 Å². The number of nitrogens with zero attached hydrogens (tertiary/aromatic N) is 5. The minimum absolute atomic E-state index is 0.294. The molecule has 0 radical (unpaired) electrons. The molecule has 3 N–H and O–H groups in total. The van der Waals surface area contributed by atoms with Crippen LogP contribution < -0.4 is 5.32 Å². The third-order valence-corrected chi connectivity index (χ3v) is 6.05. The number of carbonyl (C=O) groups excluding carboxylic acids is 1. The maximum absolute atomic E-state index is 13.9. The van der Waals surface area contributed by atoms with Crippen molar-refractivity contribution in [3.63, 3.8) is 0 Å². The Labute approximate surface area is 217 Å². The number of hydrogen-bond donors (Lipinski definition) is 3. The van der Waals surface area contributed by atoms with Gasteiger partial charge < -0.3 is 24.6 Å². The Morgan fingerprint density at radius 3 is 2.66 bits per heavy atom. The van der Waals surface area contributed by atoms with Crippen LogP contribution in [0.4, 0.5) is 10.1 Å². The standard InChI is InChI=1S/C25H26FN6O5P/c1-16(37-38(34,35)36)32-15-22(17-6-7-28-23(26)11-17)21-10-19(13-29-25(21)32)18-9-20(14-27-12-18)30-24(33)5-4-8-31(2)3/h4-7,9-16H,8H2,1-3H3,(H,30,33)(H2,34,35,36)/b5-4+. The largest absolute Gasteiger partial charge is 0.471 e. The maximum atomic E-state index is 13.9. The Balaban J connectivity index is 1.74. The molecule has 11 nitrogen and oxygen atoms in total. The van der Waals surface area contributed by atoms with E-state index in [1.807, 2.05) is 19.0 Å². The number of nitrogens with one attached hydrogen (secondary N) is 1. The van der Waals surface area contributed by atoms with E-state index in [0.29, 0.717) is 45.5 Å². The number of halogens is 1. The number of amides is 1. The van der Waals surface area contributed by atoms with Crippen LogP contribution in [-0.4, -0.2) is 60.8 Å². The summed E-state index contributed by atoms with van der Waals surface area (Å²) in [5.74, 6) is -0.975. The number of hydrogen-bond acceptors (Lipinski definition) is 7. The first kappa shape index (κ1) is 27.2. The normalized spacial score (nSPS) is 12.9. The van der Waals surface area contributed by atoms with E-state index in [9.17, 15) is 23.5 Å². The summed E-state index contributed by atoms with van der Waals surface area (Å²) in [5, 5.41) is 3.36. The lowest BCUT2D eigenvalue weighted by Gasteiger charge is -2.16. The summed E-state index contributed by atoms with van der Waals surface area (Å²) in [7, 11) is -0.992. The van der Waals surface area contributed by atoms with Gasteiger partial charge in [0.05, 0.1) is 11.9 Å². The van der Waals surface area contributed by atoms with Crippen molar-refractivity contribution in [2.75, 3.05) is 26.0 Å². The summed E-state index contributed by atoms with van der Waals surface area (Å²) >= 11 is 0. The average Bonchev–Trinajstić information content (AvgIpc) is 3.22. The molecule has 0 spiro atoms. The van der Waals surface area contributed by atoms with E-state index in [1.54, 1.807) is 42.9 Å². The molecule has 0 aromatic carbocycles. The molecular formula is C25H26FN6O5P. The van der Waals surface area contributed by atoms with Gasteiger partial charge in [-0.05, 0) is 44.8 Å². The van der Waals surface area contributed by atoms with Crippen LogP contribution in [0.5, 0.6) is 0 Å². The van der Waals surface area contributed by atoms with Crippen LogP contribution in [0.15, 0.2) is 67.4 Å². The third-order valence-electron chi connectivity index (χ3n) is 5.47. The van der Waals surface area contributed by atoms with Crippen molar-refractivity contribution in [2.24, 2.45) is 0 Å². The van der Waals surface area contributed by atoms with E-state index < -0.39 is 20.0 Å². The topological polar surface area (TPSA) is 143 Å². The third kappa shape index (κ3) is 6.74. The summed E-state index contributed by atoms with van der Waals surface area (Å²) < 4.78 is 31.7. The van der Waals surface area contributed by atoms with Gasteiger partial charge in [0.25, 0.3) is 0 Å². The second-order valence-corrected chi connectivity index (χ2v) is 9.92. The van der Waals surface area contributed by atoms with Gasteiger partial charge >= 0.3 is 7.82 Å². The molecule has 4 rings (SSSR count). The van der Waals surface area contributed by atoms with E-state index in [2.05, 4.69) is 20.3 Å². The fourth-order valence-electron chi connectivity index (χ4n) is 3.84. The Morgan fingerprint density at radius 1 is 1.18 bits per heavy atom. The smallest absolute Gasteiger partial charge is 0.321 e. The minimum Gasteiger partial charge on any atom is -0.321 e. The van der Waals surface area contributed by atoms with Crippen LogP contribution in [0.1, 0.15) is 13.2 Å². The van der Waals surface area contributed by atoms with Gasteiger partial charge in [0.2, 0.25) is 11.9 Å². The van der Waals surface area contributed by atoms with Gasteiger partial charge in [-0.1, -0.05) is 6.08 Å². The van der Waals surface area contributed by atoms with Crippen molar-refractivity contribution in [2.45, 2.75) is 13.2 Å². The first-order chi connectivity index (χ1) is 18.0. The summed E-state index contributed by atoms with van der Waals surface area (Å²) in [6.45, 7) is 2.09. The molecule has 1 atom stereocenters. The number of fused-ring (bicyclic) bond motifs is 1. The highest BCUT2D eigenvalue weighted by atomic mass is 31.2. The Hall–Kier alpha value is -3.80. The van der Waals surface area contributed by atoms with Gasteiger partial charge in [0, 0.05) is 65.6 Å². The highest BCUT2D eigenvalue weighted by molar-refractivity contribution is 7.46. The lowest BCUT2D eigenvalue weighted by Crippen LogP contribution is -2.13. The van der Waals surface area contributed by atoms with E-state index >= 15 is 0 Å². The molecular weight excluding hydrogens is 514 g/mol. The summed E-state index contributed by atoms with van der Waals surface area (Å²) in [4.78, 5) is 45.1. The van der Waals surface area contributed by atoms with Gasteiger partial charge in [-0.15, -0.1) is 0 Å². The lowest BCUT2D eigenvalue weighted by atomic mass is 10.0. The number of phosphoric ester groups is 1. The first-order valence-corrected chi connectivity index (χ1v) is 13.0. The number of pyridine rings is 3. The Kier molecular flexibility index (Phi) is 8.10.